The van der Waals surface area contributed by atoms with Crippen LogP contribution in [0.25, 0.3) is 0 Å². The number of nitrogens with zero attached hydrogens (tertiary/aromatic N) is 2. The van der Waals surface area contributed by atoms with Gasteiger partial charge in [0.15, 0.2) is 0 Å². The van der Waals surface area contributed by atoms with Crippen LogP contribution >= 0.6 is 0 Å². The lowest BCUT2D eigenvalue weighted by atomic mass is 10.0. The second-order valence-corrected chi connectivity index (χ2v) is 5.77. The van der Waals surface area contributed by atoms with Gasteiger partial charge in [-0.25, -0.2) is 5.43 Å². The van der Waals surface area contributed by atoms with Gasteiger partial charge < -0.3 is 19.4 Å². The van der Waals surface area contributed by atoms with E-state index in [4.69, 9.17) is 4.74 Å². The van der Waals surface area contributed by atoms with Crippen molar-refractivity contribution >= 4 is 11.9 Å². The molecule has 2 atom stereocenters. The molecule has 0 aromatic heterocycles. The smallest absolute Gasteiger partial charge is 0.307 e. The Morgan fingerprint density at radius 2 is 2.17 bits per heavy atom. The molecular weight excluding hydrogens is 310 g/mol. The van der Waals surface area contributed by atoms with E-state index in [1.807, 2.05) is 35.5 Å². The molecule has 0 radical (unpaired) electrons. The Balaban J connectivity index is 1.67. The maximum atomic E-state index is 12.6. The van der Waals surface area contributed by atoms with Crippen molar-refractivity contribution in [1.82, 2.24) is 15.3 Å². The van der Waals surface area contributed by atoms with Gasteiger partial charge in [-0.15, -0.1) is 0 Å². The summed E-state index contributed by atoms with van der Waals surface area (Å²) in [7, 11) is 2.98. The number of hydrogen-bond donors (Lipinski definition) is 1. The number of carbonyl (C=O) groups is 2. The van der Waals surface area contributed by atoms with Crippen LogP contribution < -0.4 is 10.2 Å². The number of nitrogens with one attached hydrogen (secondary N) is 1. The number of ether oxygens (including phenoxy) is 2. The zero-order chi connectivity index (χ0) is 17.1. The second kappa shape index (κ2) is 6.92. The van der Waals surface area contributed by atoms with Crippen molar-refractivity contribution in [3.05, 3.63) is 42.2 Å². The molecule has 2 aliphatic heterocycles. The lowest BCUT2D eigenvalue weighted by Gasteiger charge is -2.31. The minimum atomic E-state index is -0.322. The van der Waals surface area contributed by atoms with E-state index < -0.39 is 0 Å². The van der Waals surface area contributed by atoms with Gasteiger partial charge in [-0.1, -0.05) is 12.1 Å². The first-order valence-corrected chi connectivity index (χ1v) is 7.86. The first kappa shape index (κ1) is 16.3. The number of fused-ring (bicyclic) bond motifs is 1. The monoisotopic (exact) mass is 331 g/mol. The highest BCUT2D eigenvalue weighted by Crippen LogP contribution is 2.32. The Bertz CT molecular complexity index is 661. The Morgan fingerprint density at radius 1 is 1.33 bits per heavy atom. The third kappa shape index (κ3) is 3.21. The average Bonchev–Trinajstić information content (AvgIpc) is 3.06. The minimum Gasteiger partial charge on any atom is -0.497 e. The molecule has 7 nitrogen and oxygen atoms in total. The number of methoxy groups -OCH3 is 2. The van der Waals surface area contributed by atoms with Crippen molar-refractivity contribution in [2.75, 3.05) is 20.8 Å². The van der Waals surface area contributed by atoms with Crippen LogP contribution in [0.1, 0.15) is 24.4 Å². The Morgan fingerprint density at radius 3 is 2.92 bits per heavy atom. The molecule has 0 saturated carbocycles. The SMILES string of the molecule is COC(=O)CCN1C=CN2NC(c3cccc(OC)c3)CC2C1=O. The van der Waals surface area contributed by atoms with Gasteiger partial charge in [0.05, 0.1) is 26.7 Å². The molecule has 3 rings (SSSR count). The maximum Gasteiger partial charge on any atom is 0.307 e. The first-order chi connectivity index (χ1) is 11.6. The van der Waals surface area contributed by atoms with Crippen LogP contribution in [-0.2, 0) is 14.3 Å². The molecule has 1 saturated heterocycles. The van der Waals surface area contributed by atoms with Crippen LogP contribution in [0.5, 0.6) is 5.75 Å². The van der Waals surface area contributed by atoms with Crippen molar-refractivity contribution in [1.29, 1.82) is 0 Å². The van der Waals surface area contributed by atoms with Gasteiger partial charge in [0.25, 0.3) is 5.91 Å². The van der Waals surface area contributed by atoms with Crippen LogP contribution in [0.2, 0.25) is 0 Å². The number of rotatable bonds is 5. The minimum absolute atomic E-state index is 0.0145. The first-order valence-electron chi connectivity index (χ1n) is 7.86. The van der Waals surface area contributed by atoms with Crippen LogP contribution in [0.3, 0.4) is 0 Å². The van der Waals surface area contributed by atoms with E-state index >= 15 is 0 Å². The Labute approximate surface area is 140 Å². The summed E-state index contributed by atoms with van der Waals surface area (Å²) in [5.41, 5.74) is 4.41. The molecule has 1 aromatic carbocycles. The van der Waals surface area contributed by atoms with Gasteiger partial charge in [-0.2, -0.15) is 0 Å². The summed E-state index contributed by atoms with van der Waals surface area (Å²) in [6.45, 7) is 0.330. The lowest BCUT2D eigenvalue weighted by Crippen LogP contribution is -2.48. The summed E-state index contributed by atoms with van der Waals surface area (Å²) in [4.78, 5) is 25.5. The molecule has 7 heteroatoms. The molecule has 0 bridgehead atoms. The molecule has 2 heterocycles. The van der Waals surface area contributed by atoms with Crippen LogP contribution in [-0.4, -0.2) is 48.6 Å². The largest absolute Gasteiger partial charge is 0.497 e. The molecule has 24 heavy (non-hydrogen) atoms. The normalized spacial score (nSPS) is 22.5. The molecule has 128 valence electrons. The standard InChI is InChI=1S/C17H21N3O4/c1-23-13-5-3-4-12(10-13)14-11-15-17(22)19(7-6-16(21)24-2)8-9-20(15)18-14/h3-5,8-10,14-15,18H,6-7,11H2,1-2H3. The molecule has 2 aliphatic rings. The lowest BCUT2D eigenvalue weighted by molar-refractivity contribution is -0.142. The third-order valence-corrected chi connectivity index (χ3v) is 4.36. The number of carbonyl (C=O) groups excluding carboxylic acids is 2. The van der Waals surface area contributed by atoms with Gasteiger partial charge >= 0.3 is 5.97 Å². The summed E-state index contributed by atoms with van der Waals surface area (Å²) in [5, 5.41) is 1.83. The summed E-state index contributed by atoms with van der Waals surface area (Å²) in [6.07, 6.45) is 4.38. The van der Waals surface area contributed by atoms with Crippen molar-refractivity contribution < 1.29 is 19.1 Å². The quantitative estimate of drug-likeness (QED) is 0.818. The Kier molecular flexibility index (Phi) is 4.71. The molecule has 0 spiro atoms. The summed E-state index contributed by atoms with van der Waals surface area (Å²) >= 11 is 0. The molecule has 2 unspecified atom stereocenters. The number of esters is 1. The van der Waals surface area contributed by atoms with E-state index in [2.05, 4.69) is 10.2 Å². The van der Waals surface area contributed by atoms with E-state index in [0.717, 1.165) is 11.3 Å². The molecular formula is C17H21N3O4. The van der Waals surface area contributed by atoms with Crippen molar-refractivity contribution in [3.63, 3.8) is 0 Å². The van der Waals surface area contributed by atoms with Gasteiger partial charge in [-0.3, -0.25) is 9.59 Å². The third-order valence-electron chi connectivity index (χ3n) is 4.36. The molecule has 1 fully saturated rings. The van der Waals surface area contributed by atoms with Crippen molar-refractivity contribution in [2.45, 2.75) is 24.9 Å². The fraction of sp³-hybridized carbons (Fsp3) is 0.412. The predicted molar refractivity (Wildman–Crippen MR) is 86.6 cm³/mol. The molecule has 1 aromatic rings. The van der Waals surface area contributed by atoms with Crippen molar-refractivity contribution in [3.8, 4) is 5.75 Å². The summed E-state index contributed by atoms with van der Waals surface area (Å²) in [5.74, 6) is 0.456. The highest BCUT2D eigenvalue weighted by molar-refractivity contribution is 5.84. The summed E-state index contributed by atoms with van der Waals surface area (Å²) < 4.78 is 9.89. The van der Waals surface area contributed by atoms with E-state index in [1.165, 1.54) is 7.11 Å². The zero-order valence-electron chi connectivity index (χ0n) is 13.8. The van der Waals surface area contributed by atoms with E-state index in [1.54, 1.807) is 18.2 Å². The highest BCUT2D eigenvalue weighted by Gasteiger charge is 2.39. The van der Waals surface area contributed by atoms with Gasteiger partial charge in [-0.05, 0) is 24.1 Å². The topological polar surface area (TPSA) is 71.1 Å². The van der Waals surface area contributed by atoms with Crippen LogP contribution in [0.15, 0.2) is 36.7 Å². The van der Waals surface area contributed by atoms with E-state index in [9.17, 15) is 9.59 Å². The van der Waals surface area contributed by atoms with Crippen LogP contribution in [0, 0.1) is 0 Å². The fourth-order valence-corrected chi connectivity index (χ4v) is 3.01. The predicted octanol–water partition coefficient (Wildman–Crippen LogP) is 1.19. The van der Waals surface area contributed by atoms with Crippen molar-refractivity contribution in [2.24, 2.45) is 0 Å². The number of hydrogen-bond acceptors (Lipinski definition) is 6. The highest BCUT2D eigenvalue weighted by atomic mass is 16.5. The Hall–Kier alpha value is -2.54. The number of hydrazine groups is 1. The summed E-state index contributed by atoms with van der Waals surface area (Å²) in [6, 6.07) is 7.59. The maximum absolute atomic E-state index is 12.6. The second-order valence-electron chi connectivity index (χ2n) is 5.77. The zero-order valence-corrected chi connectivity index (χ0v) is 13.8. The van der Waals surface area contributed by atoms with Crippen LogP contribution in [0.4, 0.5) is 0 Å². The molecule has 1 amide bonds. The van der Waals surface area contributed by atoms with Gasteiger partial charge in [0.2, 0.25) is 0 Å². The average molecular weight is 331 g/mol. The molecule has 1 N–H and O–H groups in total. The van der Waals surface area contributed by atoms with Gasteiger partial charge in [0.1, 0.15) is 11.8 Å². The van der Waals surface area contributed by atoms with Gasteiger partial charge in [0, 0.05) is 18.9 Å². The van der Waals surface area contributed by atoms with E-state index in [0.29, 0.717) is 13.0 Å². The fourth-order valence-electron chi connectivity index (χ4n) is 3.01. The van der Waals surface area contributed by atoms with E-state index in [-0.39, 0.29) is 30.4 Å². The number of amides is 1. The molecule has 0 aliphatic carbocycles. The number of benzene rings is 1.